The number of carboxylic acid groups (broad SMARTS) is 1. The molecule has 1 saturated carbocycles. The number of nitrogens with one attached hydrogen (secondary N) is 1. The molecule has 1 fully saturated rings. The van der Waals surface area contributed by atoms with Crippen molar-refractivity contribution in [3.63, 3.8) is 0 Å². The summed E-state index contributed by atoms with van der Waals surface area (Å²) >= 11 is 0. The van der Waals surface area contributed by atoms with E-state index in [1.54, 1.807) is 6.07 Å². The van der Waals surface area contributed by atoms with Crippen LogP contribution in [0.5, 0.6) is 5.75 Å². The molecule has 0 atom stereocenters. The van der Waals surface area contributed by atoms with E-state index in [2.05, 4.69) is 5.32 Å². The van der Waals surface area contributed by atoms with E-state index in [1.807, 2.05) is 24.3 Å². The van der Waals surface area contributed by atoms with Crippen LogP contribution >= 0.6 is 0 Å². The van der Waals surface area contributed by atoms with Gasteiger partial charge in [-0.25, -0.2) is 0 Å². The summed E-state index contributed by atoms with van der Waals surface area (Å²) in [6.07, 6.45) is 2.56. The van der Waals surface area contributed by atoms with Gasteiger partial charge in [0.05, 0.1) is 6.10 Å². The molecule has 1 aliphatic rings. The van der Waals surface area contributed by atoms with Gasteiger partial charge in [-0.1, -0.05) is 0 Å². The molecule has 6 heteroatoms. The van der Waals surface area contributed by atoms with Gasteiger partial charge in [-0.05, 0) is 49.2 Å². The Balaban J connectivity index is 1.67. The summed E-state index contributed by atoms with van der Waals surface area (Å²) < 4.78 is 11.1. The van der Waals surface area contributed by atoms with Crippen LogP contribution in [0.25, 0.3) is 11.3 Å². The predicted molar refractivity (Wildman–Crippen MR) is 77.8 cm³/mol. The van der Waals surface area contributed by atoms with Gasteiger partial charge in [0.2, 0.25) is 0 Å². The van der Waals surface area contributed by atoms with Crippen LogP contribution in [0.4, 0.5) is 0 Å². The van der Waals surface area contributed by atoms with Gasteiger partial charge >= 0.3 is 5.97 Å². The maximum atomic E-state index is 11.7. The fourth-order valence-electron chi connectivity index (χ4n) is 1.93. The van der Waals surface area contributed by atoms with Crippen molar-refractivity contribution in [2.45, 2.75) is 18.9 Å². The van der Waals surface area contributed by atoms with Gasteiger partial charge in [0.15, 0.2) is 5.76 Å². The normalized spacial score (nSPS) is 13.6. The molecule has 0 aliphatic heterocycles. The fourth-order valence-corrected chi connectivity index (χ4v) is 1.93. The Kier molecular flexibility index (Phi) is 3.82. The van der Waals surface area contributed by atoms with E-state index >= 15 is 0 Å². The van der Waals surface area contributed by atoms with Crippen LogP contribution in [0.1, 0.15) is 23.4 Å². The van der Waals surface area contributed by atoms with Gasteiger partial charge in [-0.15, -0.1) is 0 Å². The first-order valence-electron chi connectivity index (χ1n) is 6.99. The van der Waals surface area contributed by atoms with Gasteiger partial charge in [0.25, 0.3) is 5.91 Å². The third-order valence-corrected chi connectivity index (χ3v) is 3.20. The van der Waals surface area contributed by atoms with Crippen molar-refractivity contribution in [3.05, 3.63) is 42.2 Å². The first-order valence-corrected chi connectivity index (χ1v) is 6.99. The predicted octanol–water partition coefficient (Wildman–Crippen LogP) is 2.30. The standard InChI is InChI=1S/C16H15NO5/c18-15(19)9-17-16(20)14-8-7-13(22-14)10-1-3-11(4-2-10)21-12-5-6-12/h1-4,7-8,12H,5-6,9H2,(H,17,20)(H,18,19). The zero-order valence-corrected chi connectivity index (χ0v) is 11.7. The van der Waals surface area contributed by atoms with Crippen molar-refractivity contribution in [2.75, 3.05) is 6.54 Å². The maximum absolute atomic E-state index is 11.7. The zero-order valence-electron chi connectivity index (χ0n) is 11.7. The van der Waals surface area contributed by atoms with Crippen molar-refractivity contribution in [2.24, 2.45) is 0 Å². The van der Waals surface area contributed by atoms with Crippen LogP contribution in [-0.4, -0.2) is 29.6 Å². The Hall–Kier alpha value is -2.76. The van der Waals surface area contributed by atoms with Crippen molar-refractivity contribution in [1.29, 1.82) is 0 Å². The van der Waals surface area contributed by atoms with Crippen LogP contribution in [0.15, 0.2) is 40.8 Å². The second-order valence-electron chi connectivity index (χ2n) is 5.08. The van der Waals surface area contributed by atoms with Gasteiger partial charge in [0.1, 0.15) is 18.1 Å². The number of furan rings is 1. The van der Waals surface area contributed by atoms with Crippen molar-refractivity contribution in [3.8, 4) is 17.1 Å². The lowest BCUT2D eigenvalue weighted by molar-refractivity contribution is -0.135. The zero-order chi connectivity index (χ0) is 15.5. The van der Waals surface area contributed by atoms with Gasteiger partial charge in [-0.3, -0.25) is 9.59 Å². The van der Waals surface area contributed by atoms with E-state index in [1.165, 1.54) is 6.07 Å². The highest BCUT2D eigenvalue weighted by Gasteiger charge is 2.23. The molecule has 0 radical (unpaired) electrons. The van der Waals surface area contributed by atoms with Gasteiger partial charge < -0.3 is 19.6 Å². The Morgan fingerprint density at radius 1 is 1.18 bits per heavy atom. The lowest BCUT2D eigenvalue weighted by Gasteiger charge is -2.04. The molecule has 0 spiro atoms. The SMILES string of the molecule is O=C(O)CNC(=O)c1ccc(-c2ccc(OC3CC3)cc2)o1. The van der Waals surface area contributed by atoms with E-state index in [4.69, 9.17) is 14.3 Å². The first kappa shape index (κ1) is 14.2. The van der Waals surface area contributed by atoms with E-state index in [0.717, 1.165) is 24.2 Å². The highest BCUT2D eigenvalue weighted by atomic mass is 16.5. The molecule has 1 heterocycles. The number of carboxylic acids is 1. The minimum atomic E-state index is -1.11. The summed E-state index contributed by atoms with van der Waals surface area (Å²) in [6, 6.07) is 10.6. The molecule has 2 N–H and O–H groups in total. The smallest absolute Gasteiger partial charge is 0.322 e. The molecule has 2 aromatic rings. The number of benzene rings is 1. The molecule has 22 heavy (non-hydrogen) atoms. The van der Waals surface area contributed by atoms with Gasteiger partial charge in [0, 0.05) is 5.56 Å². The summed E-state index contributed by atoms with van der Waals surface area (Å²) in [5.74, 6) is -0.223. The first-order chi connectivity index (χ1) is 10.6. The van der Waals surface area contributed by atoms with Crippen LogP contribution in [0.2, 0.25) is 0 Å². The number of hydrogen-bond donors (Lipinski definition) is 2. The van der Waals surface area contributed by atoms with Crippen molar-refractivity contribution < 1.29 is 23.8 Å². The van der Waals surface area contributed by atoms with Crippen LogP contribution < -0.4 is 10.1 Å². The molecule has 0 unspecified atom stereocenters. The number of carbonyl (C=O) groups is 2. The fraction of sp³-hybridized carbons (Fsp3) is 0.250. The topological polar surface area (TPSA) is 88.8 Å². The highest BCUT2D eigenvalue weighted by Crippen LogP contribution is 2.29. The average molecular weight is 301 g/mol. The van der Waals surface area contributed by atoms with E-state index in [0.29, 0.717) is 11.9 Å². The molecule has 3 rings (SSSR count). The van der Waals surface area contributed by atoms with Gasteiger partial charge in [-0.2, -0.15) is 0 Å². The van der Waals surface area contributed by atoms with E-state index in [9.17, 15) is 9.59 Å². The van der Waals surface area contributed by atoms with Crippen molar-refractivity contribution >= 4 is 11.9 Å². The molecule has 0 bridgehead atoms. The Bertz CT molecular complexity index is 685. The highest BCUT2D eigenvalue weighted by molar-refractivity contribution is 5.93. The lowest BCUT2D eigenvalue weighted by atomic mass is 10.2. The monoisotopic (exact) mass is 301 g/mol. The Labute approximate surface area is 126 Å². The quantitative estimate of drug-likeness (QED) is 0.854. The molecular formula is C16H15NO5. The largest absolute Gasteiger partial charge is 0.490 e. The molecule has 1 amide bonds. The number of ether oxygens (including phenoxy) is 1. The second kappa shape index (κ2) is 5.93. The second-order valence-corrected chi connectivity index (χ2v) is 5.08. The summed E-state index contributed by atoms with van der Waals surface area (Å²) in [5, 5.41) is 10.8. The third kappa shape index (κ3) is 3.46. The molecule has 114 valence electrons. The number of carbonyl (C=O) groups excluding carboxylic acids is 1. The molecule has 1 aromatic heterocycles. The minimum Gasteiger partial charge on any atom is -0.490 e. The van der Waals surface area contributed by atoms with Crippen molar-refractivity contribution in [1.82, 2.24) is 5.32 Å². The third-order valence-electron chi connectivity index (χ3n) is 3.20. The molecular weight excluding hydrogens is 286 g/mol. The summed E-state index contributed by atoms with van der Waals surface area (Å²) in [4.78, 5) is 22.1. The van der Waals surface area contributed by atoms with Crippen LogP contribution in [0.3, 0.4) is 0 Å². The van der Waals surface area contributed by atoms with E-state index < -0.39 is 18.4 Å². The number of aliphatic carboxylic acids is 1. The summed E-state index contributed by atoms with van der Waals surface area (Å²) in [6.45, 7) is -0.442. The molecule has 1 aliphatic carbocycles. The average Bonchev–Trinajstić information content (AvgIpc) is 3.18. The van der Waals surface area contributed by atoms with Crippen LogP contribution in [-0.2, 0) is 4.79 Å². The summed E-state index contributed by atoms with van der Waals surface area (Å²) in [5.41, 5.74) is 0.820. The Morgan fingerprint density at radius 3 is 2.55 bits per heavy atom. The summed E-state index contributed by atoms with van der Waals surface area (Å²) in [7, 11) is 0. The minimum absolute atomic E-state index is 0.0783. The Morgan fingerprint density at radius 2 is 1.91 bits per heavy atom. The van der Waals surface area contributed by atoms with Crippen LogP contribution in [0, 0.1) is 0 Å². The number of hydrogen-bond acceptors (Lipinski definition) is 4. The lowest BCUT2D eigenvalue weighted by Crippen LogP contribution is -2.28. The maximum Gasteiger partial charge on any atom is 0.322 e. The number of amides is 1. The number of rotatable bonds is 6. The van der Waals surface area contributed by atoms with E-state index in [-0.39, 0.29) is 5.76 Å². The molecule has 0 saturated heterocycles. The molecule has 1 aromatic carbocycles. The molecule has 6 nitrogen and oxygen atoms in total.